The summed E-state index contributed by atoms with van der Waals surface area (Å²) in [5, 5.41) is 2.27. The van der Waals surface area contributed by atoms with Gasteiger partial charge in [0.05, 0.1) is 5.41 Å². The Labute approximate surface area is 326 Å². The number of para-hydroxylation sites is 1. The van der Waals surface area contributed by atoms with Crippen molar-refractivity contribution in [1.82, 2.24) is 5.23 Å². The molecule has 1 amide bonds. The first-order chi connectivity index (χ1) is 25.9. The molecular weight excluding hydrogens is 661 g/mol. The average molecular weight is 721 g/mol. The zero-order valence-corrected chi connectivity index (χ0v) is 33.7. The molecule has 1 aliphatic carbocycles. The third kappa shape index (κ3) is 8.23. The summed E-state index contributed by atoms with van der Waals surface area (Å²) >= 11 is 0. The van der Waals surface area contributed by atoms with Crippen LogP contribution in [0.3, 0.4) is 0 Å². The summed E-state index contributed by atoms with van der Waals surface area (Å²) in [6.07, 6.45) is 18.0. The Bertz CT molecular complexity index is 2010. The molecule has 0 unspecified atom stereocenters. The van der Waals surface area contributed by atoms with E-state index >= 15 is 0 Å². The number of hydrogen-bond donors (Lipinski definition) is 1. The number of unbranched alkanes of at least 4 members (excludes halogenated alkanes) is 3. The van der Waals surface area contributed by atoms with E-state index in [1.807, 2.05) is 0 Å². The molecule has 0 spiro atoms. The molecule has 2 radical (unpaired) electrons. The second-order valence-corrected chi connectivity index (χ2v) is 16.4. The summed E-state index contributed by atoms with van der Waals surface area (Å²) in [4.78, 5) is 14.3. The first kappa shape index (κ1) is 39.1. The number of nitrogens with zero attached hydrogens (tertiary/aromatic N) is 2. The Hall–Kier alpha value is -4.58. The van der Waals surface area contributed by atoms with Crippen molar-refractivity contribution in [2.75, 3.05) is 18.0 Å². The molecule has 2 heterocycles. The standard InChI is InChI=1S/C48H59BN3O2/c1-8-9-13-31-51-41-19-11-10-18-39(41)47(4,5)43(51)29-24-36-16-15-17-37(46(36)54-38-26-21-34(2)22-27-38)25-30-44-48(6,7)40-33-35(3)23-28-42(40)52(44)32-14-12-20-45(53)50-49/h10-11,18-19,21-30,33H,8-9,12-17,20,31-32H2,1-7H3,(H,50,53)/q+1. The van der Waals surface area contributed by atoms with E-state index < -0.39 is 0 Å². The molecule has 3 aromatic rings. The Balaban J connectivity index is 1.41. The molecule has 1 N–H and O–H groups in total. The Morgan fingerprint density at radius 3 is 2.39 bits per heavy atom. The number of allylic oxidation sites excluding steroid dienone is 7. The lowest BCUT2D eigenvalue weighted by Crippen LogP contribution is -2.28. The third-order valence-electron chi connectivity index (χ3n) is 11.6. The zero-order chi connectivity index (χ0) is 38.5. The maximum Gasteiger partial charge on any atom is 0.226 e. The van der Waals surface area contributed by atoms with E-state index in [2.05, 4.69) is 154 Å². The van der Waals surface area contributed by atoms with Gasteiger partial charge in [-0.15, -0.1) is 0 Å². The Morgan fingerprint density at radius 1 is 0.870 bits per heavy atom. The molecule has 2 aliphatic heterocycles. The van der Waals surface area contributed by atoms with Crippen molar-refractivity contribution in [1.29, 1.82) is 0 Å². The van der Waals surface area contributed by atoms with Crippen LogP contribution in [0.25, 0.3) is 0 Å². The number of fused-ring (bicyclic) bond motifs is 2. The van der Waals surface area contributed by atoms with Gasteiger partial charge >= 0.3 is 0 Å². The van der Waals surface area contributed by atoms with Crippen LogP contribution in [0.15, 0.2) is 114 Å². The summed E-state index contributed by atoms with van der Waals surface area (Å²) in [7, 11) is 5.36. The molecule has 0 fully saturated rings. The Morgan fingerprint density at radius 2 is 1.63 bits per heavy atom. The summed E-state index contributed by atoms with van der Waals surface area (Å²) in [5.74, 6) is 1.71. The van der Waals surface area contributed by atoms with Gasteiger partial charge < -0.3 is 14.9 Å². The number of nitrogens with one attached hydrogen (secondary N) is 1. The maximum atomic E-state index is 11.9. The normalized spacial score (nSPS) is 18.9. The highest BCUT2D eigenvalue weighted by atomic mass is 16.5. The van der Waals surface area contributed by atoms with Crippen molar-refractivity contribution in [3.8, 4) is 5.75 Å². The molecular formula is C48H59BN3O2+. The Kier molecular flexibility index (Phi) is 12.2. The molecule has 0 aromatic heterocycles. The number of benzene rings is 3. The molecule has 3 aliphatic rings. The van der Waals surface area contributed by atoms with E-state index in [4.69, 9.17) is 12.7 Å². The third-order valence-corrected chi connectivity index (χ3v) is 11.6. The smallest absolute Gasteiger partial charge is 0.226 e. The number of anilines is 1. The van der Waals surface area contributed by atoms with Crippen LogP contribution < -0.4 is 14.9 Å². The van der Waals surface area contributed by atoms with E-state index in [9.17, 15) is 4.79 Å². The molecule has 6 heteroatoms. The number of hydrogen-bond acceptors (Lipinski definition) is 3. The van der Waals surface area contributed by atoms with Gasteiger partial charge in [-0.3, -0.25) is 4.79 Å². The van der Waals surface area contributed by atoms with E-state index in [0.717, 1.165) is 56.7 Å². The van der Waals surface area contributed by atoms with Gasteiger partial charge in [0.1, 0.15) is 18.1 Å². The van der Waals surface area contributed by atoms with Crippen LogP contribution in [-0.4, -0.2) is 37.3 Å². The fourth-order valence-electron chi connectivity index (χ4n) is 8.49. The number of ether oxygens (including phenoxy) is 1. The minimum Gasteiger partial charge on any atom is -0.457 e. The van der Waals surface area contributed by atoms with Crippen LogP contribution in [0, 0.1) is 13.8 Å². The monoisotopic (exact) mass is 720 g/mol. The highest BCUT2D eigenvalue weighted by Crippen LogP contribution is 2.48. The van der Waals surface area contributed by atoms with Crippen molar-refractivity contribution in [2.45, 2.75) is 117 Å². The largest absolute Gasteiger partial charge is 0.457 e. The van der Waals surface area contributed by atoms with Crippen LogP contribution in [0.1, 0.15) is 115 Å². The van der Waals surface area contributed by atoms with Crippen molar-refractivity contribution >= 4 is 31.0 Å². The summed E-state index contributed by atoms with van der Waals surface area (Å²) in [5.41, 5.74) is 12.6. The summed E-state index contributed by atoms with van der Waals surface area (Å²) in [6.45, 7) is 17.8. The molecule has 3 aromatic carbocycles. The van der Waals surface area contributed by atoms with Gasteiger partial charge in [-0.2, -0.15) is 4.58 Å². The van der Waals surface area contributed by atoms with E-state index in [-0.39, 0.29) is 16.7 Å². The van der Waals surface area contributed by atoms with E-state index in [1.165, 1.54) is 75.4 Å². The molecule has 6 rings (SSSR count). The maximum absolute atomic E-state index is 11.9. The predicted molar refractivity (Wildman–Crippen MR) is 226 cm³/mol. The van der Waals surface area contributed by atoms with Gasteiger partial charge in [0.15, 0.2) is 5.71 Å². The van der Waals surface area contributed by atoms with Gasteiger partial charge in [-0.1, -0.05) is 86.9 Å². The molecule has 0 bridgehead atoms. The lowest BCUT2D eigenvalue weighted by atomic mass is 9.81. The van der Waals surface area contributed by atoms with Gasteiger partial charge in [0.25, 0.3) is 0 Å². The van der Waals surface area contributed by atoms with Crippen molar-refractivity contribution < 1.29 is 14.1 Å². The molecule has 0 saturated heterocycles. The minimum absolute atomic E-state index is 0.103. The van der Waals surface area contributed by atoms with Crippen molar-refractivity contribution in [3.05, 3.63) is 136 Å². The van der Waals surface area contributed by atoms with Crippen LogP contribution in [0.4, 0.5) is 11.4 Å². The molecule has 5 nitrogen and oxygen atoms in total. The molecule has 54 heavy (non-hydrogen) atoms. The zero-order valence-electron chi connectivity index (χ0n) is 33.7. The van der Waals surface area contributed by atoms with Gasteiger partial charge in [-0.25, -0.2) is 0 Å². The second kappa shape index (κ2) is 16.8. The topological polar surface area (TPSA) is 44.6 Å². The molecule has 0 atom stereocenters. The van der Waals surface area contributed by atoms with Crippen molar-refractivity contribution in [3.63, 3.8) is 0 Å². The first-order valence-electron chi connectivity index (χ1n) is 20.2. The SMILES string of the molecule is [B]NC(=O)CCCCN1C(=CC=C2CCCC(C=CC3=[N+](CCCCC)c4ccccc4C3(C)C)=C2Oc2ccc(C)cc2)C(C)(C)c2cc(C)ccc21. The number of carbonyl (C=O) groups is 1. The van der Waals surface area contributed by atoms with Crippen LogP contribution in [-0.2, 0) is 15.6 Å². The average Bonchev–Trinajstić information content (AvgIpc) is 3.50. The predicted octanol–water partition coefficient (Wildman–Crippen LogP) is 10.9. The second-order valence-electron chi connectivity index (χ2n) is 16.4. The first-order valence-corrected chi connectivity index (χ1v) is 20.2. The molecule has 0 saturated carbocycles. The molecule has 280 valence electrons. The van der Waals surface area contributed by atoms with Crippen LogP contribution in [0.2, 0.25) is 0 Å². The van der Waals surface area contributed by atoms with E-state index in [0.29, 0.717) is 6.42 Å². The van der Waals surface area contributed by atoms with Crippen LogP contribution in [0.5, 0.6) is 5.75 Å². The lowest BCUT2D eigenvalue weighted by Gasteiger charge is -2.27. The fourth-order valence-corrected chi connectivity index (χ4v) is 8.49. The number of rotatable bonds is 14. The number of aryl methyl sites for hydroxylation is 2. The van der Waals surface area contributed by atoms with Crippen molar-refractivity contribution in [2.24, 2.45) is 0 Å². The fraction of sp³-hybridized carbons (Fsp3) is 0.417. The number of carbonyl (C=O) groups excluding carboxylic acids is 1. The summed E-state index contributed by atoms with van der Waals surface area (Å²) in [6, 6.07) is 24.1. The van der Waals surface area contributed by atoms with Gasteiger partial charge in [0, 0.05) is 53.9 Å². The number of amides is 1. The van der Waals surface area contributed by atoms with Gasteiger partial charge in [0.2, 0.25) is 19.6 Å². The van der Waals surface area contributed by atoms with Crippen LogP contribution >= 0.6 is 0 Å². The van der Waals surface area contributed by atoms with Gasteiger partial charge in [-0.05, 0) is 113 Å². The lowest BCUT2D eigenvalue weighted by molar-refractivity contribution is -0.438. The summed E-state index contributed by atoms with van der Waals surface area (Å²) < 4.78 is 9.46. The quantitative estimate of drug-likeness (QED) is 0.102. The minimum atomic E-state index is -0.187. The van der Waals surface area contributed by atoms with E-state index in [1.54, 1.807) is 0 Å². The highest BCUT2D eigenvalue weighted by molar-refractivity contribution is 6.14. The highest BCUT2D eigenvalue weighted by Gasteiger charge is 2.44.